The van der Waals surface area contributed by atoms with Crippen LogP contribution in [0.1, 0.15) is 106 Å². The molecule has 1 heteroatoms. The van der Waals surface area contributed by atoms with E-state index in [4.69, 9.17) is 0 Å². The summed E-state index contributed by atoms with van der Waals surface area (Å²) < 4.78 is 0. The van der Waals surface area contributed by atoms with Crippen molar-refractivity contribution in [1.82, 2.24) is 0 Å². The Morgan fingerprint density at radius 1 is 1.10 bits per heavy atom. The van der Waals surface area contributed by atoms with Gasteiger partial charge >= 0.3 is 0 Å². The minimum atomic E-state index is -0.0680. The Morgan fingerprint density at radius 2 is 1.86 bits per heavy atom. The van der Waals surface area contributed by atoms with Crippen molar-refractivity contribution in [1.29, 1.82) is 0 Å². The Morgan fingerprint density at radius 3 is 2.59 bits per heavy atom. The summed E-state index contributed by atoms with van der Waals surface area (Å²) in [5, 5.41) is 10.5. The molecule has 0 saturated heterocycles. The average molecular weight is 399 g/mol. The number of hydrogen-bond acceptors (Lipinski definition) is 1. The molecule has 4 rings (SSSR count). The molecular formula is C28H46O. The minimum Gasteiger partial charge on any atom is -0.393 e. The average Bonchev–Trinajstić information content (AvgIpc) is 3.02. The maximum Gasteiger partial charge on any atom is 0.0569 e. The van der Waals surface area contributed by atoms with E-state index >= 15 is 0 Å². The highest BCUT2D eigenvalue weighted by atomic mass is 16.3. The molecule has 0 aromatic carbocycles. The Hall–Kier alpha value is -0.560. The molecule has 29 heavy (non-hydrogen) atoms. The first-order valence-electron chi connectivity index (χ1n) is 12.7. The number of aliphatic hydroxyl groups excluding tert-OH is 1. The predicted molar refractivity (Wildman–Crippen MR) is 124 cm³/mol. The van der Waals surface area contributed by atoms with Gasteiger partial charge in [-0.3, -0.25) is 0 Å². The molecule has 0 bridgehead atoms. The topological polar surface area (TPSA) is 20.2 Å². The quantitative estimate of drug-likeness (QED) is 0.481. The van der Waals surface area contributed by atoms with E-state index in [1.165, 1.54) is 63.4 Å². The van der Waals surface area contributed by atoms with Gasteiger partial charge < -0.3 is 5.11 Å². The van der Waals surface area contributed by atoms with Crippen LogP contribution in [-0.4, -0.2) is 11.2 Å². The molecule has 2 fully saturated rings. The summed E-state index contributed by atoms with van der Waals surface area (Å²) in [6.07, 6.45) is 15.5. The van der Waals surface area contributed by atoms with E-state index < -0.39 is 0 Å². The monoisotopic (exact) mass is 398 g/mol. The molecule has 8 atom stereocenters. The number of aliphatic hydroxyl groups is 1. The molecule has 4 aliphatic rings. The van der Waals surface area contributed by atoms with Crippen molar-refractivity contribution in [3.8, 4) is 0 Å². The van der Waals surface area contributed by atoms with Crippen LogP contribution in [0.4, 0.5) is 0 Å². The molecule has 0 aromatic heterocycles. The lowest BCUT2D eigenvalue weighted by molar-refractivity contribution is -0.0336. The summed E-state index contributed by atoms with van der Waals surface area (Å²) in [5.41, 5.74) is 6.15. The van der Waals surface area contributed by atoms with Gasteiger partial charge in [0.15, 0.2) is 0 Å². The summed E-state index contributed by atoms with van der Waals surface area (Å²) in [6.45, 7) is 14.6. The maximum absolute atomic E-state index is 10.5. The summed E-state index contributed by atoms with van der Waals surface area (Å²) in [6, 6.07) is 0. The molecule has 2 saturated carbocycles. The van der Waals surface area contributed by atoms with Crippen LogP contribution in [0.3, 0.4) is 0 Å². The van der Waals surface area contributed by atoms with E-state index in [9.17, 15) is 5.11 Å². The van der Waals surface area contributed by atoms with Gasteiger partial charge in [-0.2, -0.15) is 0 Å². The minimum absolute atomic E-state index is 0.0680. The van der Waals surface area contributed by atoms with E-state index in [1.807, 2.05) is 11.1 Å². The molecule has 4 aliphatic carbocycles. The van der Waals surface area contributed by atoms with Crippen molar-refractivity contribution < 1.29 is 5.11 Å². The number of hydrogen-bond donors (Lipinski definition) is 1. The Kier molecular flexibility index (Phi) is 5.86. The lowest BCUT2D eigenvalue weighted by Crippen LogP contribution is -2.49. The van der Waals surface area contributed by atoms with Gasteiger partial charge in [0, 0.05) is 0 Å². The fourth-order valence-corrected chi connectivity index (χ4v) is 8.72. The first-order valence-corrected chi connectivity index (χ1v) is 12.7. The predicted octanol–water partition coefficient (Wildman–Crippen LogP) is 7.70. The van der Waals surface area contributed by atoms with E-state index in [0.29, 0.717) is 22.7 Å². The van der Waals surface area contributed by atoms with Crippen LogP contribution in [-0.2, 0) is 0 Å². The van der Waals surface area contributed by atoms with Gasteiger partial charge in [0.2, 0.25) is 0 Å². The number of fused-ring (bicyclic) bond motifs is 4. The molecule has 0 spiro atoms. The molecule has 164 valence electrons. The zero-order valence-corrected chi connectivity index (χ0v) is 20.1. The molecule has 1 unspecified atom stereocenters. The standard InChI is InChI=1S/C28H46O/c1-18(2)8-7-9-19(3)22-12-13-24-21-10-11-23-20(4)26(29)15-17-28(23,6)25(21)14-16-27(22,24)5/h8,19-20,22-24,26,29H,7,9-17H2,1-6H3/t19-,20?,22-,23+,24+,26+,27-,28+/m1/s1. The van der Waals surface area contributed by atoms with Gasteiger partial charge in [0.25, 0.3) is 0 Å². The van der Waals surface area contributed by atoms with Gasteiger partial charge in [-0.15, -0.1) is 0 Å². The van der Waals surface area contributed by atoms with Crippen molar-refractivity contribution in [3.05, 3.63) is 22.8 Å². The van der Waals surface area contributed by atoms with E-state index in [2.05, 4.69) is 47.6 Å². The van der Waals surface area contributed by atoms with Crippen LogP contribution < -0.4 is 0 Å². The normalized spacial score (nSPS) is 45.3. The number of allylic oxidation sites excluding steroid dienone is 4. The third kappa shape index (κ3) is 3.48. The molecule has 1 nitrogen and oxygen atoms in total. The summed E-state index contributed by atoms with van der Waals surface area (Å²) in [7, 11) is 0. The molecule has 0 radical (unpaired) electrons. The van der Waals surface area contributed by atoms with Crippen LogP contribution in [0.2, 0.25) is 0 Å². The van der Waals surface area contributed by atoms with Crippen LogP contribution >= 0.6 is 0 Å². The molecule has 0 aliphatic heterocycles. The second kappa shape index (κ2) is 7.85. The fourth-order valence-electron chi connectivity index (χ4n) is 8.72. The first kappa shape index (κ1) is 21.7. The highest BCUT2D eigenvalue weighted by molar-refractivity contribution is 5.34. The molecule has 0 heterocycles. The van der Waals surface area contributed by atoms with Crippen LogP contribution in [0.15, 0.2) is 22.8 Å². The highest BCUT2D eigenvalue weighted by Gasteiger charge is 2.56. The van der Waals surface area contributed by atoms with Gasteiger partial charge in [-0.05, 0) is 118 Å². The van der Waals surface area contributed by atoms with E-state index in [0.717, 1.165) is 24.2 Å². The van der Waals surface area contributed by atoms with Crippen molar-refractivity contribution in [2.45, 2.75) is 112 Å². The summed E-state index contributed by atoms with van der Waals surface area (Å²) in [4.78, 5) is 0. The van der Waals surface area contributed by atoms with Crippen molar-refractivity contribution in [3.63, 3.8) is 0 Å². The Balaban J connectivity index is 1.57. The molecule has 0 aromatic rings. The Labute approximate surface area is 180 Å². The van der Waals surface area contributed by atoms with Gasteiger partial charge in [0.1, 0.15) is 0 Å². The smallest absolute Gasteiger partial charge is 0.0569 e. The van der Waals surface area contributed by atoms with Crippen LogP contribution in [0.25, 0.3) is 0 Å². The number of rotatable bonds is 4. The van der Waals surface area contributed by atoms with E-state index in [-0.39, 0.29) is 6.10 Å². The highest BCUT2D eigenvalue weighted by Crippen LogP contribution is 2.66. The molecule has 0 amide bonds. The largest absolute Gasteiger partial charge is 0.393 e. The van der Waals surface area contributed by atoms with Crippen LogP contribution in [0, 0.1) is 40.4 Å². The summed E-state index contributed by atoms with van der Waals surface area (Å²) in [5.74, 6) is 3.78. The van der Waals surface area contributed by atoms with Crippen LogP contribution in [0.5, 0.6) is 0 Å². The maximum atomic E-state index is 10.5. The third-order valence-corrected chi connectivity index (χ3v) is 10.4. The second-order valence-electron chi connectivity index (χ2n) is 12.1. The van der Waals surface area contributed by atoms with Crippen molar-refractivity contribution >= 4 is 0 Å². The second-order valence-corrected chi connectivity index (χ2v) is 12.1. The van der Waals surface area contributed by atoms with Crippen molar-refractivity contribution in [2.24, 2.45) is 40.4 Å². The lowest BCUT2D eigenvalue weighted by Gasteiger charge is -2.56. The Bertz CT molecular complexity index is 682. The fraction of sp³-hybridized carbons (Fsp3) is 0.857. The first-order chi connectivity index (χ1) is 13.7. The lowest BCUT2D eigenvalue weighted by atomic mass is 9.49. The zero-order valence-electron chi connectivity index (χ0n) is 20.1. The molecular weight excluding hydrogens is 352 g/mol. The van der Waals surface area contributed by atoms with Gasteiger partial charge in [0.05, 0.1) is 6.10 Å². The van der Waals surface area contributed by atoms with Gasteiger partial charge in [-0.1, -0.05) is 50.5 Å². The van der Waals surface area contributed by atoms with E-state index in [1.54, 1.807) is 0 Å². The SMILES string of the molecule is CC(C)=CCC[C@@H](C)[C@H]1CC[C@H]2C3=C(CC[C@]12C)[C@@]1(C)CC[C@H](O)C(C)[C@@H]1CC3. The zero-order chi connectivity index (χ0) is 21.0. The van der Waals surface area contributed by atoms with Gasteiger partial charge in [-0.25, -0.2) is 0 Å². The summed E-state index contributed by atoms with van der Waals surface area (Å²) >= 11 is 0. The molecule has 1 N–H and O–H groups in total. The van der Waals surface area contributed by atoms with Crippen molar-refractivity contribution in [2.75, 3.05) is 0 Å². The third-order valence-electron chi connectivity index (χ3n) is 10.4.